The van der Waals surface area contributed by atoms with E-state index in [1.807, 2.05) is 0 Å². The highest BCUT2D eigenvalue weighted by Crippen LogP contribution is 2.34. The third-order valence-corrected chi connectivity index (χ3v) is 3.47. The Bertz CT molecular complexity index is 665. The average Bonchev–Trinajstić information content (AvgIpc) is 2.39. The summed E-state index contributed by atoms with van der Waals surface area (Å²) in [6, 6.07) is 4.48. The predicted molar refractivity (Wildman–Crippen MR) is 78.6 cm³/mol. The zero-order valence-electron chi connectivity index (χ0n) is 10.5. The van der Waals surface area contributed by atoms with Gasteiger partial charge in [-0.05, 0) is 24.5 Å². The van der Waals surface area contributed by atoms with Crippen LogP contribution in [0.4, 0.5) is 24.7 Å². The molecule has 0 saturated heterocycles. The van der Waals surface area contributed by atoms with Crippen molar-refractivity contribution in [3.63, 3.8) is 0 Å². The number of anilines is 2. The minimum atomic E-state index is -4.44. The van der Waals surface area contributed by atoms with Crippen molar-refractivity contribution in [1.82, 2.24) is 9.97 Å². The molecular formula is C12H8Cl2F3N3S. The highest BCUT2D eigenvalue weighted by molar-refractivity contribution is 7.98. The standard InChI is InChI=1S/C12H8Cl2F3N3S/c1-21-11-19-9(14)5-10(20-11)18-8-3-2-6(4-7(8)13)12(15,16)17/h2-5H,1H3,(H,18,19,20). The molecule has 1 aromatic carbocycles. The molecule has 2 aromatic rings. The van der Waals surface area contributed by atoms with Crippen molar-refractivity contribution in [1.29, 1.82) is 0 Å². The Balaban J connectivity index is 2.30. The summed E-state index contributed by atoms with van der Waals surface area (Å²) in [7, 11) is 0. The van der Waals surface area contributed by atoms with E-state index < -0.39 is 11.7 Å². The summed E-state index contributed by atoms with van der Waals surface area (Å²) in [5, 5.41) is 3.41. The second-order valence-corrected chi connectivity index (χ2v) is 5.45. The van der Waals surface area contributed by atoms with E-state index in [0.717, 1.165) is 12.1 Å². The number of hydrogen-bond acceptors (Lipinski definition) is 4. The van der Waals surface area contributed by atoms with Crippen LogP contribution in [0.1, 0.15) is 5.56 Å². The van der Waals surface area contributed by atoms with Crippen LogP contribution in [0.15, 0.2) is 29.4 Å². The summed E-state index contributed by atoms with van der Waals surface area (Å²) in [5.74, 6) is 0.348. The quantitative estimate of drug-likeness (QED) is 0.463. The molecule has 0 unspecified atom stereocenters. The molecule has 2 rings (SSSR count). The van der Waals surface area contributed by atoms with Crippen LogP contribution in [-0.4, -0.2) is 16.2 Å². The van der Waals surface area contributed by atoms with E-state index in [2.05, 4.69) is 15.3 Å². The SMILES string of the molecule is CSc1nc(Cl)cc(Nc2ccc(C(F)(F)F)cc2Cl)n1. The number of hydrogen-bond donors (Lipinski definition) is 1. The molecule has 112 valence electrons. The highest BCUT2D eigenvalue weighted by atomic mass is 35.5. The van der Waals surface area contributed by atoms with Gasteiger partial charge in [-0.15, -0.1) is 0 Å². The van der Waals surface area contributed by atoms with E-state index >= 15 is 0 Å². The summed E-state index contributed by atoms with van der Waals surface area (Å²) >= 11 is 13.0. The van der Waals surface area contributed by atoms with Gasteiger partial charge in [0, 0.05) is 6.07 Å². The molecule has 1 aromatic heterocycles. The van der Waals surface area contributed by atoms with Crippen LogP contribution in [0, 0.1) is 0 Å². The van der Waals surface area contributed by atoms with Crippen molar-refractivity contribution in [2.45, 2.75) is 11.3 Å². The van der Waals surface area contributed by atoms with Crippen molar-refractivity contribution in [2.24, 2.45) is 0 Å². The molecular weight excluding hydrogens is 346 g/mol. The lowest BCUT2D eigenvalue weighted by atomic mass is 10.2. The molecule has 1 N–H and O–H groups in total. The smallest absolute Gasteiger partial charge is 0.339 e. The van der Waals surface area contributed by atoms with Gasteiger partial charge in [-0.1, -0.05) is 35.0 Å². The number of halogens is 5. The maximum atomic E-state index is 12.6. The van der Waals surface area contributed by atoms with Crippen LogP contribution < -0.4 is 5.32 Å². The van der Waals surface area contributed by atoms with Crippen molar-refractivity contribution in [3.05, 3.63) is 40.0 Å². The molecule has 0 spiro atoms. The van der Waals surface area contributed by atoms with Gasteiger partial charge in [0.2, 0.25) is 0 Å². The zero-order valence-corrected chi connectivity index (χ0v) is 12.8. The van der Waals surface area contributed by atoms with Crippen LogP contribution in [0.25, 0.3) is 0 Å². The third kappa shape index (κ3) is 4.15. The third-order valence-electron chi connectivity index (χ3n) is 2.42. The Morgan fingerprint density at radius 2 is 1.86 bits per heavy atom. The van der Waals surface area contributed by atoms with Gasteiger partial charge >= 0.3 is 6.18 Å². The molecule has 0 aliphatic heterocycles. The maximum Gasteiger partial charge on any atom is 0.416 e. The first-order valence-corrected chi connectivity index (χ1v) is 7.50. The summed E-state index contributed by atoms with van der Waals surface area (Å²) < 4.78 is 37.7. The van der Waals surface area contributed by atoms with Crippen LogP contribution >= 0.6 is 35.0 Å². The lowest BCUT2D eigenvalue weighted by molar-refractivity contribution is -0.137. The van der Waals surface area contributed by atoms with E-state index in [4.69, 9.17) is 23.2 Å². The average molecular weight is 354 g/mol. The van der Waals surface area contributed by atoms with Crippen molar-refractivity contribution < 1.29 is 13.2 Å². The lowest BCUT2D eigenvalue weighted by Crippen LogP contribution is -2.05. The largest absolute Gasteiger partial charge is 0.416 e. The topological polar surface area (TPSA) is 37.8 Å². The number of alkyl halides is 3. The monoisotopic (exact) mass is 353 g/mol. The minimum absolute atomic E-state index is 0.0646. The van der Waals surface area contributed by atoms with Gasteiger partial charge in [-0.3, -0.25) is 0 Å². The van der Waals surface area contributed by atoms with Gasteiger partial charge in [0.1, 0.15) is 11.0 Å². The molecule has 0 atom stereocenters. The Hall–Kier alpha value is -1.18. The fourth-order valence-corrected chi connectivity index (χ4v) is 2.32. The number of benzene rings is 1. The molecule has 1 heterocycles. The molecule has 9 heteroatoms. The van der Waals surface area contributed by atoms with Crippen LogP contribution in [0.2, 0.25) is 10.2 Å². The molecule has 3 nitrogen and oxygen atoms in total. The van der Waals surface area contributed by atoms with E-state index in [0.29, 0.717) is 16.7 Å². The summed E-state index contributed by atoms with van der Waals surface area (Å²) in [6.07, 6.45) is -2.66. The maximum absolute atomic E-state index is 12.6. The second kappa shape index (κ2) is 6.29. The van der Waals surface area contributed by atoms with Crippen molar-refractivity contribution >= 4 is 46.5 Å². The molecule has 0 saturated carbocycles. The molecule has 0 fully saturated rings. The molecule has 0 aliphatic rings. The first kappa shape index (κ1) is 16.2. The molecule has 0 aliphatic carbocycles. The van der Waals surface area contributed by atoms with E-state index in [-0.39, 0.29) is 10.2 Å². The number of nitrogens with one attached hydrogen (secondary N) is 1. The molecule has 21 heavy (non-hydrogen) atoms. The van der Waals surface area contributed by atoms with Gasteiger partial charge in [0.15, 0.2) is 5.16 Å². The number of aromatic nitrogens is 2. The summed E-state index contributed by atoms with van der Waals surface area (Å²) in [6.45, 7) is 0. The second-order valence-electron chi connectivity index (χ2n) is 3.88. The van der Waals surface area contributed by atoms with E-state index in [1.165, 1.54) is 23.9 Å². The van der Waals surface area contributed by atoms with Gasteiger partial charge in [0.05, 0.1) is 16.3 Å². The van der Waals surface area contributed by atoms with Crippen LogP contribution in [-0.2, 0) is 6.18 Å². The molecule has 0 amide bonds. The number of rotatable bonds is 3. The molecule has 0 radical (unpaired) electrons. The van der Waals surface area contributed by atoms with Gasteiger partial charge in [0.25, 0.3) is 0 Å². The zero-order chi connectivity index (χ0) is 15.6. The molecule has 0 bridgehead atoms. The lowest BCUT2D eigenvalue weighted by Gasteiger charge is -2.11. The summed E-state index contributed by atoms with van der Waals surface area (Å²) in [4.78, 5) is 8.09. The normalized spacial score (nSPS) is 11.5. The number of nitrogens with zero attached hydrogens (tertiary/aromatic N) is 2. The highest BCUT2D eigenvalue weighted by Gasteiger charge is 2.30. The minimum Gasteiger partial charge on any atom is -0.339 e. The van der Waals surface area contributed by atoms with Gasteiger partial charge in [-0.25, -0.2) is 9.97 Å². The number of thioether (sulfide) groups is 1. The van der Waals surface area contributed by atoms with E-state index in [9.17, 15) is 13.2 Å². The van der Waals surface area contributed by atoms with Gasteiger partial charge < -0.3 is 5.32 Å². The Labute approximate surface area is 132 Å². The van der Waals surface area contributed by atoms with Crippen molar-refractivity contribution in [3.8, 4) is 0 Å². The fraction of sp³-hybridized carbons (Fsp3) is 0.167. The predicted octanol–water partition coefficient (Wildman–Crippen LogP) is 5.27. The van der Waals surface area contributed by atoms with E-state index in [1.54, 1.807) is 6.26 Å². The van der Waals surface area contributed by atoms with Crippen molar-refractivity contribution in [2.75, 3.05) is 11.6 Å². The fourth-order valence-electron chi connectivity index (χ4n) is 1.48. The first-order valence-electron chi connectivity index (χ1n) is 5.52. The van der Waals surface area contributed by atoms with Gasteiger partial charge in [-0.2, -0.15) is 13.2 Å². The summed E-state index contributed by atoms with van der Waals surface area (Å²) in [5.41, 5.74) is -0.518. The Morgan fingerprint density at radius 3 is 2.43 bits per heavy atom. The Morgan fingerprint density at radius 1 is 1.14 bits per heavy atom. The van der Waals surface area contributed by atoms with Crippen LogP contribution in [0.3, 0.4) is 0 Å². The Kier molecular flexibility index (Phi) is 4.85. The first-order chi connectivity index (χ1) is 9.79. The van der Waals surface area contributed by atoms with Crippen LogP contribution in [0.5, 0.6) is 0 Å².